The second-order valence-corrected chi connectivity index (χ2v) is 5.20. The van der Waals surface area contributed by atoms with Gasteiger partial charge in [0.25, 0.3) is 5.91 Å². The summed E-state index contributed by atoms with van der Waals surface area (Å²) in [6.07, 6.45) is 3.33. The molecular formula is C17H14F2N4O. The Balaban J connectivity index is 1.77. The van der Waals surface area contributed by atoms with Crippen LogP contribution in [0.2, 0.25) is 0 Å². The molecular weight excluding hydrogens is 314 g/mol. The van der Waals surface area contributed by atoms with Gasteiger partial charge in [0.2, 0.25) is 0 Å². The van der Waals surface area contributed by atoms with E-state index < -0.39 is 23.6 Å². The fourth-order valence-corrected chi connectivity index (χ4v) is 2.22. The first kappa shape index (κ1) is 15.8. The van der Waals surface area contributed by atoms with Gasteiger partial charge < -0.3 is 5.32 Å². The van der Waals surface area contributed by atoms with Crippen molar-refractivity contribution in [1.29, 1.82) is 0 Å². The quantitative estimate of drug-likeness (QED) is 0.801. The molecule has 1 atom stereocenters. The Morgan fingerprint density at radius 1 is 1.17 bits per heavy atom. The Morgan fingerprint density at radius 2 is 2.00 bits per heavy atom. The van der Waals surface area contributed by atoms with Crippen LogP contribution >= 0.6 is 0 Å². The number of amides is 1. The van der Waals surface area contributed by atoms with E-state index in [1.165, 1.54) is 10.7 Å². The number of carbonyl (C=O) groups is 1. The second-order valence-electron chi connectivity index (χ2n) is 5.20. The molecule has 122 valence electrons. The molecule has 0 bridgehead atoms. The van der Waals surface area contributed by atoms with E-state index >= 15 is 0 Å². The zero-order valence-electron chi connectivity index (χ0n) is 12.8. The number of benzene rings is 1. The standard InChI is InChI=1S/C17H14F2N4O/c1-11(12-6-7-13(18)14(19)10-12)21-17(24)15-4-2-5-16(22-15)23-9-3-8-20-23/h2-11H,1H3,(H,21,24)/t11-/m1/s1. The third-order valence-electron chi connectivity index (χ3n) is 3.50. The fraction of sp³-hybridized carbons (Fsp3) is 0.118. The van der Waals surface area contributed by atoms with Crippen LogP contribution in [0.5, 0.6) is 0 Å². The Bertz CT molecular complexity index is 865. The number of hydrogen-bond donors (Lipinski definition) is 1. The molecule has 24 heavy (non-hydrogen) atoms. The maximum Gasteiger partial charge on any atom is 0.270 e. The van der Waals surface area contributed by atoms with Gasteiger partial charge in [0.1, 0.15) is 5.69 Å². The topological polar surface area (TPSA) is 59.8 Å². The molecule has 0 spiro atoms. The molecule has 0 saturated carbocycles. The molecule has 3 aromatic rings. The van der Waals surface area contributed by atoms with Crippen LogP contribution < -0.4 is 5.32 Å². The molecule has 2 heterocycles. The van der Waals surface area contributed by atoms with Crippen molar-refractivity contribution in [1.82, 2.24) is 20.1 Å². The van der Waals surface area contributed by atoms with Crippen LogP contribution in [-0.2, 0) is 0 Å². The summed E-state index contributed by atoms with van der Waals surface area (Å²) in [6, 6.07) is 9.76. The van der Waals surface area contributed by atoms with E-state index in [1.807, 2.05) is 0 Å². The van der Waals surface area contributed by atoms with Crippen molar-refractivity contribution in [3.8, 4) is 5.82 Å². The van der Waals surface area contributed by atoms with Gasteiger partial charge in [-0.1, -0.05) is 12.1 Å². The normalized spacial score (nSPS) is 12.0. The lowest BCUT2D eigenvalue weighted by Crippen LogP contribution is -2.27. The minimum absolute atomic E-state index is 0.206. The van der Waals surface area contributed by atoms with E-state index in [0.29, 0.717) is 11.4 Å². The van der Waals surface area contributed by atoms with E-state index in [2.05, 4.69) is 15.4 Å². The molecule has 0 radical (unpaired) electrons. The summed E-state index contributed by atoms with van der Waals surface area (Å²) in [5.41, 5.74) is 0.669. The van der Waals surface area contributed by atoms with Gasteiger partial charge in [-0.15, -0.1) is 0 Å². The van der Waals surface area contributed by atoms with Crippen LogP contribution in [0.1, 0.15) is 29.0 Å². The van der Waals surface area contributed by atoms with E-state index in [9.17, 15) is 13.6 Å². The summed E-state index contributed by atoms with van der Waals surface area (Å²) in [5.74, 6) is -1.78. The lowest BCUT2D eigenvalue weighted by Gasteiger charge is -2.14. The Labute approximate surface area is 137 Å². The van der Waals surface area contributed by atoms with Crippen LogP contribution in [0.25, 0.3) is 5.82 Å². The monoisotopic (exact) mass is 328 g/mol. The van der Waals surface area contributed by atoms with Gasteiger partial charge in [-0.05, 0) is 42.8 Å². The third-order valence-corrected chi connectivity index (χ3v) is 3.50. The minimum atomic E-state index is -0.951. The molecule has 0 aliphatic carbocycles. The smallest absolute Gasteiger partial charge is 0.270 e. The maximum atomic E-state index is 13.3. The molecule has 0 saturated heterocycles. The van der Waals surface area contributed by atoms with Crippen LogP contribution in [0.4, 0.5) is 8.78 Å². The molecule has 1 aromatic carbocycles. The van der Waals surface area contributed by atoms with Crippen LogP contribution in [-0.4, -0.2) is 20.7 Å². The number of nitrogens with zero attached hydrogens (tertiary/aromatic N) is 3. The molecule has 1 amide bonds. The number of aromatic nitrogens is 3. The van der Waals surface area contributed by atoms with Crippen molar-refractivity contribution in [3.63, 3.8) is 0 Å². The van der Waals surface area contributed by atoms with Gasteiger partial charge in [-0.3, -0.25) is 4.79 Å². The van der Waals surface area contributed by atoms with Gasteiger partial charge in [-0.25, -0.2) is 18.4 Å². The summed E-state index contributed by atoms with van der Waals surface area (Å²) in [4.78, 5) is 16.6. The number of rotatable bonds is 4. The highest BCUT2D eigenvalue weighted by Gasteiger charge is 2.15. The largest absolute Gasteiger partial charge is 0.344 e. The van der Waals surface area contributed by atoms with Gasteiger partial charge in [-0.2, -0.15) is 5.10 Å². The van der Waals surface area contributed by atoms with Gasteiger partial charge >= 0.3 is 0 Å². The highest BCUT2D eigenvalue weighted by molar-refractivity contribution is 5.92. The second kappa shape index (κ2) is 6.57. The number of pyridine rings is 1. The lowest BCUT2D eigenvalue weighted by molar-refractivity contribution is 0.0934. The predicted octanol–water partition coefficient (Wildman–Crippen LogP) is 3.04. The molecule has 0 fully saturated rings. The Kier molecular flexibility index (Phi) is 4.33. The van der Waals surface area contributed by atoms with Crippen molar-refractivity contribution in [2.75, 3.05) is 0 Å². The SMILES string of the molecule is C[C@@H](NC(=O)c1cccc(-n2cccn2)n1)c1ccc(F)c(F)c1. The van der Waals surface area contributed by atoms with Crippen LogP contribution in [0.3, 0.4) is 0 Å². The third kappa shape index (κ3) is 3.29. The summed E-state index contributed by atoms with van der Waals surface area (Å²) in [5, 5.41) is 6.77. The number of halogens is 2. The minimum Gasteiger partial charge on any atom is -0.344 e. The highest BCUT2D eigenvalue weighted by Crippen LogP contribution is 2.16. The molecule has 5 nitrogen and oxygen atoms in total. The fourth-order valence-electron chi connectivity index (χ4n) is 2.22. The van der Waals surface area contributed by atoms with Crippen molar-refractivity contribution >= 4 is 5.91 Å². The van der Waals surface area contributed by atoms with Gasteiger partial charge in [0, 0.05) is 12.4 Å². The first-order valence-electron chi connectivity index (χ1n) is 7.27. The molecule has 1 N–H and O–H groups in total. The molecule has 7 heteroatoms. The zero-order chi connectivity index (χ0) is 17.1. The summed E-state index contributed by atoms with van der Waals surface area (Å²) in [6.45, 7) is 1.68. The molecule has 0 aliphatic rings. The van der Waals surface area contributed by atoms with Gasteiger partial charge in [0.15, 0.2) is 17.5 Å². The number of carbonyl (C=O) groups excluding carboxylic acids is 1. The highest BCUT2D eigenvalue weighted by atomic mass is 19.2. The molecule has 3 rings (SSSR count). The summed E-state index contributed by atoms with van der Waals surface area (Å²) < 4.78 is 27.8. The molecule has 0 unspecified atom stereocenters. The Hall–Kier alpha value is -3.09. The zero-order valence-corrected chi connectivity index (χ0v) is 12.8. The average Bonchev–Trinajstić information content (AvgIpc) is 3.12. The molecule has 2 aromatic heterocycles. The van der Waals surface area contributed by atoms with E-state index in [-0.39, 0.29) is 5.69 Å². The van der Waals surface area contributed by atoms with Crippen molar-refractivity contribution in [2.45, 2.75) is 13.0 Å². The van der Waals surface area contributed by atoms with Crippen molar-refractivity contribution in [3.05, 3.63) is 77.8 Å². The number of hydrogen-bond acceptors (Lipinski definition) is 3. The van der Waals surface area contributed by atoms with Crippen LogP contribution in [0.15, 0.2) is 54.9 Å². The van der Waals surface area contributed by atoms with Crippen molar-refractivity contribution in [2.24, 2.45) is 0 Å². The summed E-state index contributed by atoms with van der Waals surface area (Å²) in [7, 11) is 0. The van der Waals surface area contributed by atoms with Crippen LogP contribution in [0, 0.1) is 11.6 Å². The van der Waals surface area contributed by atoms with E-state index in [4.69, 9.17) is 0 Å². The van der Waals surface area contributed by atoms with Crippen molar-refractivity contribution < 1.29 is 13.6 Å². The first-order valence-corrected chi connectivity index (χ1v) is 7.27. The first-order chi connectivity index (χ1) is 11.5. The lowest BCUT2D eigenvalue weighted by atomic mass is 10.1. The van der Waals surface area contributed by atoms with Gasteiger partial charge in [0.05, 0.1) is 6.04 Å². The predicted molar refractivity (Wildman–Crippen MR) is 83.6 cm³/mol. The molecule has 0 aliphatic heterocycles. The van der Waals surface area contributed by atoms with E-state index in [1.54, 1.807) is 43.6 Å². The maximum absolute atomic E-state index is 13.3. The van der Waals surface area contributed by atoms with E-state index in [0.717, 1.165) is 12.1 Å². The summed E-state index contributed by atoms with van der Waals surface area (Å²) >= 11 is 0. The Morgan fingerprint density at radius 3 is 2.71 bits per heavy atom. The number of nitrogens with one attached hydrogen (secondary N) is 1. The average molecular weight is 328 g/mol.